The Hall–Kier alpha value is -2.13. The van der Waals surface area contributed by atoms with E-state index in [2.05, 4.69) is 18.2 Å². The van der Waals surface area contributed by atoms with Gasteiger partial charge in [-0.25, -0.2) is 4.79 Å². The highest BCUT2D eigenvalue weighted by Crippen LogP contribution is 2.22. The number of carbonyl (C=O) groups is 1. The minimum absolute atomic E-state index is 0.245. The van der Waals surface area contributed by atoms with Gasteiger partial charge < -0.3 is 9.47 Å². The molecule has 3 nitrogen and oxygen atoms in total. The van der Waals surface area contributed by atoms with Crippen molar-refractivity contribution in [3.63, 3.8) is 0 Å². The van der Waals surface area contributed by atoms with Crippen LogP contribution in [0.4, 0.5) is 0 Å². The first-order valence-corrected chi connectivity index (χ1v) is 7.90. The maximum atomic E-state index is 12.4. The quantitative estimate of drug-likeness (QED) is 0.598. The molecule has 2 aromatic carbocycles. The zero-order chi connectivity index (χ0) is 16.9. The largest absolute Gasteiger partial charge is 0.457 e. The van der Waals surface area contributed by atoms with Gasteiger partial charge >= 0.3 is 5.97 Å². The molecule has 0 unspecified atom stereocenters. The second-order valence-corrected chi connectivity index (χ2v) is 6.38. The molecular weight excluding hydrogens is 288 g/mol. The Morgan fingerprint density at radius 3 is 2.48 bits per heavy atom. The minimum Gasteiger partial charge on any atom is -0.457 e. The average molecular weight is 312 g/mol. The second-order valence-electron chi connectivity index (χ2n) is 6.38. The molecule has 0 atom stereocenters. The summed E-state index contributed by atoms with van der Waals surface area (Å²) in [4.78, 5) is 12.4. The van der Waals surface area contributed by atoms with Crippen molar-refractivity contribution in [2.75, 3.05) is 13.2 Å². The van der Waals surface area contributed by atoms with Crippen molar-refractivity contribution in [2.24, 2.45) is 0 Å². The Bertz CT molecular complexity index is 703. The Balaban J connectivity index is 2.40. The number of benzene rings is 2. The Morgan fingerprint density at radius 1 is 1.09 bits per heavy atom. The molecule has 0 N–H and O–H groups in total. The molecule has 0 heterocycles. The van der Waals surface area contributed by atoms with Gasteiger partial charge in [-0.1, -0.05) is 42.5 Å². The van der Waals surface area contributed by atoms with E-state index in [0.29, 0.717) is 12.2 Å². The van der Waals surface area contributed by atoms with Crippen molar-refractivity contribution in [3.8, 4) is 0 Å². The van der Waals surface area contributed by atoms with Crippen molar-refractivity contribution in [1.82, 2.24) is 0 Å². The molecule has 0 saturated carbocycles. The van der Waals surface area contributed by atoms with E-state index < -0.39 is 5.60 Å². The van der Waals surface area contributed by atoms with E-state index in [4.69, 9.17) is 9.47 Å². The summed E-state index contributed by atoms with van der Waals surface area (Å²) in [5, 5.41) is 2.24. The zero-order valence-corrected chi connectivity index (χ0v) is 14.3. The van der Waals surface area contributed by atoms with Gasteiger partial charge in [-0.15, -0.1) is 0 Å². The van der Waals surface area contributed by atoms with Crippen LogP contribution in [0.25, 0.3) is 16.8 Å². The molecule has 0 aliphatic heterocycles. The predicted octanol–water partition coefficient (Wildman–Crippen LogP) is 4.60. The Labute approximate surface area is 137 Å². The van der Waals surface area contributed by atoms with Crippen molar-refractivity contribution in [1.29, 1.82) is 0 Å². The Kier molecular flexibility index (Phi) is 5.56. The summed E-state index contributed by atoms with van der Waals surface area (Å²) in [6.07, 6.45) is 1.87. The molecule has 0 bridgehead atoms. The monoisotopic (exact) mass is 312 g/mol. The summed E-state index contributed by atoms with van der Waals surface area (Å²) in [5.41, 5.74) is 0.989. The van der Waals surface area contributed by atoms with Crippen molar-refractivity contribution < 1.29 is 14.3 Å². The normalized spacial score (nSPS) is 12.4. The summed E-state index contributed by atoms with van der Waals surface area (Å²) in [7, 11) is 0. The third-order valence-electron chi connectivity index (χ3n) is 3.28. The molecule has 122 valence electrons. The molecule has 0 aliphatic rings. The molecule has 0 aromatic heterocycles. The van der Waals surface area contributed by atoms with Crippen molar-refractivity contribution >= 4 is 22.8 Å². The number of carbonyl (C=O) groups excluding carboxylic acids is 1. The molecule has 0 spiro atoms. The van der Waals surface area contributed by atoms with E-state index in [1.165, 1.54) is 0 Å². The van der Waals surface area contributed by atoms with Crippen LogP contribution in [0, 0.1) is 0 Å². The molecule has 2 aromatic rings. The molecule has 0 fully saturated rings. The molecule has 0 radical (unpaired) electrons. The first kappa shape index (κ1) is 17.2. The fourth-order valence-electron chi connectivity index (χ4n) is 2.28. The molecule has 0 aliphatic carbocycles. The van der Waals surface area contributed by atoms with Gasteiger partial charge in [0.1, 0.15) is 5.60 Å². The highest BCUT2D eigenvalue weighted by atomic mass is 16.6. The number of ether oxygens (including phenoxy) is 2. The summed E-state index contributed by atoms with van der Waals surface area (Å²) in [6, 6.07) is 14.2. The lowest BCUT2D eigenvalue weighted by Crippen LogP contribution is -2.26. The van der Waals surface area contributed by atoms with Crippen LogP contribution in [-0.4, -0.2) is 24.8 Å². The van der Waals surface area contributed by atoms with E-state index in [-0.39, 0.29) is 12.6 Å². The van der Waals surface area contributed by atoms with Crippen LogP contribution >= 0.6 is 0 Å². The smallest absolute Gasteiger partial charge is 0.336 e. The minimum atomic E-state index is -0.527. The predicted molar refractivity (Wildman–Crippen MR) is 94.3 cm³/mol. The maximum Gasteiger partial charge on any atom is 0.336 e. The summed E-state index contributed by atoms with van der Waals surface area (Å²) < 4.78 is 10.9. The first-order valence-electron chi connectivity index (χ1n) is 7.90. The number of esters is 1. The summed E-state index contributed by atoms with van der Waals surface area (Å²) in [5.74, 6) is -0.334. The average Bonchev–Trinajstić information content (AvgIpc) is 2.49. The lowest BCUT2D eigenvalue weighted by atomic mass is 10.0. The van der Waals surface area contributed by atoms with Gasteiger partial charge in [-0.3, -0.25) is 0 Å². The maximum absolute atomic E-state index is 12.4. The molecule has 0 saturated heterocycles. The SMILES string of the molecule is CCOCC(=Cc1cccc2ccccc12)C(=O)OC(C)(C)C. The number of fused-ring (bicyclic) bond motifs is 1. The van der Waals surface area contributed by atoms with Gasteiger partial charge in [-0.05, 0) is 50.1 Å². The number of hydrogen-bond acceptors (Lipinski definition) is 3. The van der Waals surface area contributed by atoms with E-state index in [1.807, 2.05) is 58.0 Å². The number of rotatable bonds is 5. The fraction of sp³-hybridized carbons (Fsp3) is 0.350. The van der Waals surface area contributed by atoms with Gasteiger partial charge in [-0.2, -0.15) is 0 Å². The van der Waals surface area contributed by atoms with Gasteiger partial charge in [0.25, 0.3) is 0 Å². The van der Waals surface area contributed by atoms with E-state index in [0.717, 1.165) is 16.3 Å². The van der Waals surface area contributed by atoms with Crippen LogP contribution in [0.3, 0.4) is 0 Å². The van der Waals surface area contributed by atoms with Crippen LogP contribution in [-0.2, 0) is 14.3 Å². The Morgan fingerprint density at radius 2 is 1.78 bits per heavy atom. The van der Waals surface area contributed by atoms with E-state index in [1.54, 1.807) is 0 Å². The van der Waals surface area contributed by atoms with Crippen molar-refractivity contribution in [2.45, 2.75) is 33.3 Å². The van der Waals surface area contributed by atoms with Crippen LogP contribution in [0.2, 0.25) is 0 Å². The topological polar surface area (TPSA) is 35.5 Å². The highest BCUT2D eigenvalue weighted by molar-refractivity contribution is 5.98. The fourth-order valence-corrected chi connectivity index (χ4v) is 2.28. The van der Waals surface area contributed by atoms with Crippen LogP contribution in [0.5, 0.6) is 0 Å². The van der Waals surface area contributed by atoms with E-state index in [9.17, 15) is 4.79 Å². The van der Waals surface area contributed by atoms with E-state index >= 15 is 0 Å². The van der Waals surface area contributed by atoms with Crippen LogP contribution in [0.15, 0.2) is 48.0 Å². The lowest BCUT2D eigenvalue weighted by molar-refractivity contribution is -0.150. The molecule has 0 amide bonds. The molecular formula is C20H24O3. The summed E-state index contributed by atoms with van der Waals surface area (Å²) >= 11 is 0. The van der Waals surface area contributed by atoms with Crippen molar-refractivity contribution in [3.05, 3.63) is 53.6 Å². The molecule has 2 rings (SSSR count). The molecule has 3 heteroatoms. The van der Waals surface area contributed by atoms with Gasteiger partial charge in [0.15, 0.2) is 0 Å². The third kappa shape index (κ3) is 4.93. The third-order valence-corrected chi connectivity index (χ3v) is 3.28. The molecule has 23 heavy (non-hydrogen) atoms. The van der Waals surface area contributed by atoms with Gasteiger partial charge in [0.05, 0.1) is 12.2 Å². The van der Waals surface area contributed by atoms with Gasteiger partial charge in [0.2, 0.25) is 0 Å². The second kappa shape index (κ2) is 7.42. The first-order chi connectivity index (χ1) is 10.9. The summed E-state index contributed by atoms with van der Waals surface area (Å²) in [6.45, 7) is 8.29. The van der Waals surface area contributed by atoms with Gasteiger partial charge in [0, 0.05) is 6.61 Å². The number of hydrogen-bond donors (Lipinski definition) is 0. The highest BCUT2D eigenvalue weighted by Gasteiger charge is 2.20. The zero-order valence-electron chi connectivity index (χ0n) is 14.3. The van der Waals surface area contributed by atoms with Crippen LogP contribution < -0.4 is 0 Å². The standard InChI is InChI=1S/C20H24O3/c1-5-22-14-17(19(21)23-20(2,3)4)13-16-11-8-10-15-9-6-7-12-18(15)16/h6-13H,5,14H2,1-4H3. The lowest BCUT2D eigenvalue weighted by Gasteiger charge is -2.20. The van der Waals surface area contributed by atoms with Crippen LogP contribution in [0.1, 0.15) is 33.3 Å².